The van der Waals surface area contributed by atoms with Gasteiger partial charge >= 0.3 is 11.9 Å². The van der Waals surface area contributed by atoms with Gasteiger partial charge in [-0.1, -0.05) is 43.0 Å². The van der Waals surface area contributed by atoms with Gasteiger partial charge in [-0.3, -0.25) is 0 Å². The highest BCUT2D eigenvalue weighted by Gasteiger charge is 2.13. The molecule has 31 heavy (non-hydrogen) atoms. The molecule has 3 aromatic rings. The lowest BCUT2D eigenvalue weighted by Gasteiger charge is -2.14. The highest BCUT2D eigenvalue weighted by Crippen LogP contribution is 2.25. The molecule has 0 bridgehead atoms. The van der Waals surface area contributed by atoms with Crippen molar-refractivity contribution in [2.24, 2.45) is 0 Å². The average molecular weight is 416 g/mol. The van der Waals surface area contributed by atoms with Gasteiger partial charge in [0, 0.05) is 5.57 Å². The molecule has 0 saturated heterocycles. The molecule has 0 amide bonds. The van der Waals surface area contributed by atoms with Crippen LogP contribution < -0.4 is 9.47 Å². The predicted molar refractivity (Wildman–Crippen MR) is 119 cm³/mol. The standard InChI is InChI=1S/C26H24O5/c1-17(2)25(27)30-18(3)19-5-7-20(8-6-19)21-9-11-22(12-10-21)26(28)31-24-15-13-23(29-4)14-16-24/h5-16,18H,1H2,2-4H3. The Hall–Kier alpha value is -3.86. The van der Waals surface area contributed by atoms with Gasteiger partial charge in [-0.05, 0) is 66.9 Å². The fraction of sp³-hybridized carbons (Fsp3) is 0.154. The lowest BCUT2D eigenvalue weighted by atomic mass is 10.0. The van der Waals surface area contributed by atoms with E-state index in [1.807, 2.05) is 43.3 Å². The maximum absolute atomic E-state index is 12.4. The number of carbonyl (C=O) groups is 2. The number of ether oxygens (including phenoxy) is 3. The Bertz CT molecular complexity index is 1060. The maximum Gasteiger partial charge on any atom is 0.343 e. The van der Waals surface area contributed by atoms with E-state index in [0.29, 0.717) is 22.6 Å². The minimum absolute atomic E-state index is 0.367. The van der Waals surface area contributed by atoms with E-state index < -0.39 is 11.9 Å². The second-order valence-corrected chi connectivity index (χ2v) is 7.09. The zero-order chi connectivity index (χ0) is 22.4. The first kappa shape index (κ1) is 21.8. The van der Waals surface area contributed by atoms with E-state index >= 15 is 0 Å². The van der Waals surface area contributed by atoms with Crippen LogP contribution in [0.5, 0.6) is 11.5 Å². The van der Waals surface area contributed by atoms with Crippen molar-refractivity contribution in [1.29, 1.82) is 0 Å². The molecule has 5 nitrogen and oxygen atoms in total. The molecule has 158 valence electrons. The van der Waals surface area contributed by atoms with Gasteiger partial charge < -0.3 is 14.2 Å². The predicted octanol–water partition coefficient (Wildman–Crippen LogP) is 5.76. The van der Waals surface area contributed by atoms with E-state index in [9.17, 15) is 9.59 Å². The number of methoxy groups -OCH3 is 1. The fourth-order valence-electron chi connectivity index (χ4n) is 2.88. The average Bonchev–Trinajstić information content (AvgIpc) is 2.79. The third-order valence-corrected chi connectivity index (χ3v) is 4.74. The lowest BCUT2D eigenvalue weighted by Crippen LogP contribution is -2.09. The fourth-order valence-corrected chi connectivity index (χ4v) is 2.88. The van der Waals surface area contributed by atoms with Crippen LogP contribution in [0.15, 0.2) is 84.9 Å². The summed E-state index contributed by atoms with van der Waals surface area (Å²) in [7, 11) is 1.58. The van der Waals surface area contributed by atoms with E-state index in [0.717, 1.165) is 16.7 Å². The van der Waals surface area contributed by atoms with E-state index in [4.69, 9.17) is 14.2 Å². The summed E-state index contributed by atoms with van der Waals surface area (Å²) in [5.41, 5.74) is 3.65. The van der Waals surface area contributed by atoms with E-state index in [2.05, 4.69) is 6.58 Å². The van der Waals surface area contributed by atoms with E-state index in [1.54, 1.807) is 50.4 Å². The van der Waals surface area contributed by atoms with Gasteiger partial charge in [0.2, 0.25) is 0 Å². The van der Waals surface area contributed by atoms with Crippen LogP contribution in [0.4, 0.5) is 0 Å². The third kappa shape index (κ3) is 5.60. The van der Waals surface area contributed by atoms with Crippen molar-refractivity contribution in [2.45, 2.75) is 20.0 Å². The molecule has 0 aliphatic rings. The summed E-state index contributed by atoms with van der Waals surface area (Å²) in [6, 6.07) is 21.7. The molecular weight excluding hydrogens is 392 g/mol. The van der Waals surface area contributed by atoms with Crippen LogP contribution in [-0.2, 0) is 9.53 Å². The van der Waals surface area contributed by atoms with Crippen LogP contribution in [0, 0.1) is 0 Å². The Morgan fingerprint density at radius 2 is 1.32 bits per heavy atom. The smallest absolute Gasteiger partial charge is 0.343 e. The maximum atomic E-state index is 12.4. The largest absolute Gasteiger partial charge is 0.497 e. The minimum Gasteiger partial charge on any atom is -0.497 e. The quantitative estimate of drug-likeness (QED) is 0.278. The molecule has 0 N–H and O–H groups in total. The Balaban J connectivity index is 1.65. The molecule has 3 aromatic carbocycles. The van der Waals surface area contributed by atoms with Crippen molar-refractivity contribution in [3.8, 4) is 22.6 Å². The van der Waals surface area contributed by atoms with Crippen LogP contribution in [0.1, 0.15) is 35.9 Å². The number of benzene rings is 3. The molecule has 0 heterocycles. The molecule has 1 atom stereocenters. The van der Waals surface area contributed by atoms with Crippen molar-refractivity contribution < 1.29 is 23.8 Å². The second kappa shape index (κ2) is 9.76. The number of carbonyl (C=O) groups excluding carboxylic acids is 2. The SMILES string of the molecule is C=C(C)C(=O)OC(C)c1ccc(-c2ccc(C(=O)Oc3ccc(OC)cc3)cc2)cc1. The van der Waals surface area contributed by atoms with Crippen molar-refractivity contribution in [1.82, 2.24) is 0 Å². The number of hydrogen-bond donors (Lipinski definition) is 0. The third-order valence-electron chi connectivity index (χ3n) is 4.74. The Morgan fingerprint density at radius 1 is 0.806 bits per heavy atom. The zero-order valence-corrected chi connectivity index (χ0v) is 17.8. The molecular formula is C26H24O5. The summed E-state index contributed by atoms with van der Waals surface area (Å²) < 4.78 is 15.8. The van der Waals surface area contributed by atoms with Gasteiger partial charge in [0.15, 0.2) is 0 Å². The van der Waals surface area contributed by atoms with Crippen molar-refractivity contribution in [3.63, 3.8) is 0 Å². The Morgan fingerprint density at radius 3 is 1.84 bits per heavy atom. The summed E-state index contributed by atoms with van der Waals surface area (Å²) in [6.45, 7) is 7.03. The van der Waals surface area contributed by atoms with Crippen LogP contribution in [0.25, 0.3) is 11.1 Å². The summed E-state index contributed by atoms with van der Waals surface area (Å²) in [6.07, 6.45) is -0.367. The molecule has 0 radical (unpaired) electrons. The van der Waals surface area contributed by atoms with Crippen LogP contribution in [-0.4, -0.2) is 19.0 Å². The molecule has 0 spiro atoms. The highest BCUT2D eigenvalue weighted by molar-refractivity contribution is 5.91. The molecule has 5 heteroatoms. The van der Waals surface area contributed by atoms with E-state index in [-0.39, 0.29) is 6.10 Å². The molecule has 0 saturated carbocycles. The summed E-state index contributed by atoms with van der Waals surface area (Å²) in [5.74, 6) is 0.305. The van der Waals surface area contributed by atoms with Crippen molar-refractivity contribution >= 4 is 11.9 Å². The van der Waals surface area contributed by atoms with Gasteiger partial charge in [0.05, 0.1) is 12.7 Å². The Kier molecular flexibility index (Phi) is 6.88. The molecule has 0 aliphatic carbocycles. The normalized spacial score (nSPS) is 11.3. The highest BCUT2D eigenvalue weighted by atomic mass is 16.5. The molecule has 0 aliphatic heterocycles. The number of rotatable bonds is 7. The Labute approximate surface area is 181 Å². The zero-order valence-electron chi connectivity index (χ0n) is 17.8. The minimum atomic E-state index is -0.430. The van der Waals surface area contributed by atoms with Crippen molar-refractivity contribution in [2.75, 3.05) is 7.11 Å². The molecule has 0 fully saturated rings. The second-order valence-electron chi connectivity index (χ2n) is 7.09. The summed E-state index contributed by atoms with van der Waals surface area (Å²) in [5, 5.41) is 0. The first-order valence-electron chi connectivity index (χ1n) is 9.80. The molecule has 0 aromatic heterocycles. The monoisotopic (exact) mass is 416 g/mol. The van der Waals surface area contributed by atoms with Gasteiger partial charge in [0.1, 0.15) is 17.6 Å². The first-order valence-corrected chi connectivity index (χ1v) is 9.80. The molecule has 1 unspecified atom stereocenters. The summed E-state index contributed by atoms with van der Waals surface area (Å²) in [4.78, 5) is 24.1. The summed E-state index contributed by atoms with van der Waals surface area (Å²) >= 11 is 0. The van der Waals surface area contributed by atoms with Gasteiger partial charge in [0.25, 0.3) is 0 Å². The van der Waals surface area contributed by atoms with Crippen LogP contribution in [0.3, 0.4) is 0 Å². The van der Waals surface area contributed by atoms with Crippen LogP contribution in [0.2, 0.25) is 0 Å². The topological polar surface area (TPSA) is 61.8 Å². The van der Waals surface area contributed by atoms with Gasteiger partial charge in [-0.2, -0.15) is 0 Å². The van der Waals surface area contributed by atoms with E-state index in [1.165, 1.54) is 0 Å². The molecule has 3 rings (SSSR count). The lowest BCUT2D eigenvalue weighted by molar-refractivity contribution is -0.143. The number of hydrogen-bond acceptors (Lipinski definition) is 5. The van der Waals surface area contributed by atoms with Crippen LogP contribution >= 0.6 is 0 Å². The first-order chi connectivity index (χ1) is 14.9. The van der Waals surface area contributed by atoms with Gasteiger partial charge in [-0.15, -0.1) is 0 Å². The van der Waals surface area contributed by atoms with Gasteiger partial charge in [-0.25, -0.2) is 9.59 Å². The number of esters is 2. The van der Waals surface area contributed by atoms with Crippen molar-refractivity contribution in [3.05, 3.63) is 96.1 Å².